The van der Waals surface area contributed by atoms with Crippen LogP contribution in [0.25, 0.3) is 0 Å². The molecule has 7 nitrogen and oxygen atoms in total. The first-order valence-electron chi connectivity index (χ1n) is 6.88. The molecular formula is C15H19N3O4. The maximum Gasteiger partial charge on any atom is 0.411 e. The first kappa shape index (κ1) is 15.9. The molecule has 0 aromatic carbocycles. The van der Waals surface area contributed by atoms with Crippen LogP contribution < -0.4 is 0 Å². The van der Waals surface area contributed by atoms with E-state index in [4.69, 9.17) is 4.74 Å². The number of hydrogen-bond acceptors (Lipinski definition) is 6. The van der Waals surface area contributed by atoms with Crippen molar-refractivity contribution in [1.82, 2.24) is 14.9 Å². The number of methoxy groups -OCH3 is 1. The molecule has 2 rings (SSSR count). The summed E-state index contributed by atoms with van der Waals surface area (Å²) in [5.41, 5.74) is 0.120. The molecule has 1 aliphatic heterocycles. The first-order chi connectivity index (χ1) is 10.3. The number of ether oxygens (including phenoxy) is 2. The van der Waals surface area contributed by atoms with Crippen LogP contribution in [0.15, 0.2) is 24.5 Å². The van der Waals surface area contributed by atoms with Crippen LogP contribution in [0, 0.1) is 0 Å². The summed E-state index contributed by atoms with van der Waals surface area (Å²) in [5.74, 6) is -0.551. The Morgan fingerprint density at radius 3 is 2.55 bits per heavy atom. The largest absolute Gasteiger partial charge is 0.464 e. The maximum absolute atomic E-state index is 12.2. The molecule has 1 aliphatic rings. The zero-order valence-electron chi connectivity index (χ0n) is 13.1. The molecule has 1 amide bonds. The predicted molar refractivity (Wildman–Crippen MR) is 78.2 cm³/mol. The molecule has 0 radical (unpaired) electrons. The van der Waals surface area contributed by atoms with Gasteiger partial charge in [0.2, 0.25) is 0 Å². The average Bonchev–Trinajstić information content (AvgIpc) is 2.94. The van der Waals surface area contributed by atoms with E-state index in [9.17, 15) is 9.59 Å². The molecule has 0 bridgehead atoms. The number of carbonyl (C=O) groups is 2. The van der Waals surface area contributed by atoms with Gasteiger partial charge in [0.1, 0.15) is 5.60 Å². The van der Waals surface area contributed by atoms with Gasteiger partial charge in [-0.2, -0.15) is 0 Å². The molecule has 0 saturated heterocycles. The van der Waals surface area contributed by atoms with E-state index in [0.717, 1.165) is 0 Å². The highest BCUT2D eigenvalue weighted by Gasteiger charge is 2.31. The molecule has 0 aliphatic carbocycles. The molecule has 2 heterocycles. The van der Waals surface area contributed by atoms with Gasteiger partial charge in [-0.15, -0.1) is 0 Å². The quantitative estimate of drug-likeness (QED) is 0.615. The fourth-order valence-corrected chi connectivity index (χ4v) is 1.99. The Bertz CT molecular complexity index is 590. The number of amides is 1. The first-order valence-corrected chi connectivity index (χ1v) is 6.88. The summed E-state index contributed by atoms with van der Waals surface area (Å²) in [6.07, 6.45) is 6.10. The van der Waals surface area contributed by atoms with Crippen molar-refractivity contribution in [3.05, 3.63) is 35.9 Å². The number of rotatable bonds is 2. The number of esters is 1. The summed E-state index contributed by atoms with van der Waals surface area (Å²) >= 11 is 0. The van der Waals surface area contributed by atoms with Crippen LogP contribution in [0.4, 0.5) is 4.79 Å². The van der Waals surface area contributed by atoms with Gasteiger partial charge in [0, 0.05) is 6.54 Å². The van der Waals surface area contributed by atoms with Crippen molar-refractivity contribution in [3.8, 4) is 0 Å². The standard InChI is InChI=1S/C15H19N3O4/c1-15(2,3)22-14(20)18-7-5-6-12(18)10-8-17-11(9-16-10)13(19)21-4/h5-6,8-9,12H,7H2,1-4H3. The van der Waals surface area contributed by atoms with Crippen molar-refractivity contribution in [3.63, 3.8) is 0 Å². The Labute approximate surface area is 128 Å². The summed E-state index contributed by atoms with van der Waals surface area (Å²) in [4.78, 5) is 33.3. The maximum atomic E-state index is 12.2. The minimum Gasteiger partial charge on any atom is -0.464 e. The third kappa shape index (κ3) is 3.60. The molecular weight excluding hydrogens is 286 g/mol. The van der Waals surface area contributed by atoms with Gasteiger partial charge in [-0.3, -0.25) is 9.88 Å². The summed E-state index contributed by atoms with van der Waals surface area (Å²) in [6.45, 7) is 5.89. The van der Waals surface area contributed by atoms with E-state index >= 15 is 0 Å². The minimum absolute atomic E-state index is 0.122. The Morgan fingerprint density at radius 2 is 2.00 bits per heavy atom. The molecule has 7 heteroatoms. The van der Waals surface area contributed by atoms with Crippen molar-refractivity contribution < 1.29 is 19.1 Å². The Hall–Kier alpha value is -2.44. The van der Waals surface area contributed by atoms with Crippen LogP contribution >= 0.6 is 0 Å². The highest BCUT2D eigenvalue weighted by molar-refractivity contribution is 5.86. The fraction of sp³-hybridized carbons (Fsp3) is 0.467. The second-order valence-electron chi connectivity index (χ2n) is 5.82. The third-order valence-electron chi connectivity index (χ3n) is 2.95. The lowest BCUT2D eigenvalue weighted by molar-refractivity contribution is 0.0237. The van der Waals surface area contributed by atoms with Gasteiger partial charge in [0.15, 0.2) is 5.69 Å². The van der Waals surface area contributed by atoms with E-state index in [-0.39, 0.29) is 11.7 Å². The van der Waals surface area contributed by atoms with Gasteiger partial charge in [-0.05, 0) is 20.8 Å². The molecule has 1 atom stereocenters. The highest BCUT2D eigenvalue weighted by Crippen LogP contribution is 2.26. The van der Waals surface area contributed by atoms with Crippen molar-refractivity contribution >= 4 is 12.1 Å². The Morgan fingerprint density at radius 1 is 1.27 bits per heavy atom. The molecule has 118 valence electrons. The van der Waals surface area contributed by atoms with Gasteiger partial charge >= 0.3 is 12.1 Å². The third-order valence-corrected chi connectivity index (χ3v) is 2.95. The summed E-state index contributed by atoms with van der Waals surface area (Å²) in [7, 11) is 1.28. The molecule has 0 saturated carbocycles. The molecule has 22 heavy (non-hydrogen) atoms. The van der Waals surface area contributed by atoms with Crippen LogP contribution in [0.2, 0.25) is 0 Å². The monoisotopic (exact) mass is 305 g/mol. The van der Waals surface area contributed by atoms with Gasteiger partial charge in [0.25, 0.3) is 0 Å². The van der Waals surface area contributed by atoms with Crippen molar-refractivity contribution in [2.45, 2.75) is 32.4 Å². The minimum atomic E-state index is -0.565. The van der Waals surface area contributed by atoms with Gasteiger partial charge in [-0.25, -0.2) is 14.6 Å². The van der Waals surface area contributed by atoms with Crippen molar-refractivity contribution in [1.29, 1.82) is 0 Å². The van der Waals surface area contributed by atoms with Crippen LogP contribution in [-0.4, -0.2) is 46.2 Å². The normalized spacial score (nSPS) is 17.5. The zero-order valence-corrected chi connectivity index (χ0v) is 13.1. The highest BCUT2D eigenvalue weighted by atomic mass is 16.6. The summed E-state index contributed by atoms with van der Waals surface area (Å²) in [6, 6.07) is -0.353. The SMILES string of the molecule is COC(=O)c1cnc(C2C=CCN2C(=O)OC(C)(C)C)cn1. The number of aromatic nitrogens is 2. The molecule has 0 N–H and O–H groups in total. The van der Waals surface area contributed by atoms with E-state index in [1.54, 1.807) is 4.90 Å². The summed E-state index contributed by atoms with van der Waals surface area (Å²) in [5, 5.41) is 0. The smallest absolute Gasteiger partial charge is 0.411 e. The topological polar surface area (TPSA) is 81.6 Å². The van der Waals surface area contributed by atoms with Crippen LogP contribution in [0.5, 0.6) is 0 Å². The average molecular weight is 305 g/mol. The molecule has 1 unspecified atom stereocenters. The van der Waals surface area contributed by atoms with E-state index in [2.05, 4.69) is 14.7 Å². The number of carbonyl (C=O) groups excluding carboxylic acids is 2. The van der Waals surface area contributed by atoms with Crippen LogP contribution in [-0.2, 0) is 9.47 Å². The van der Waals surface area contributed by atoms with Gasteiger partial charge in [0.05, 0.1) is 31.2 Å². The Kier molecular flexibility index (Phi) is 4.44. The molecule has 1 aromatic rings. The van der Waals surface area contributed by atoms with Crippen molar-refractivity contribution in [2.75, 3.05) is 13.7 Å². The molecule has 1 aromatic heterocycles. The van der Waals surface area contributed by atoms with Gasteiger partial charge < -0.3 is 9.47 Å². The van der Waals surface area contributed by atoms with E-state index in [1.807, 2.05) is 32.9 Å². The molecule has 0 spiro atoms. The lowest BCUT2D eigenvalue weighted by Crippen LogP contribution is -2.37. The predicted octanol–water partition coefficient (Wildman–Crippen LogP) is 2.11. The van der Waals surface area contributed by atoms with Crippen LogP contribution in [0.3, 0.4) is 0 Å². The fourth-order valence-electron chi connectivity index (χ4n) is 1.99. The van der Waals surface area contributed by atoms with E-state index in [1.165, 1.54) is 19.5 Å². The van der Waals surface area contributed by atoms with E-state index < -0.39 is 17.7 Å². The van der Waals surface area contributed by atoms with Crippen LogP contribution in [0.1, 0.15) is 43.0 Å². The Balaban J connectivity index is 2.15. The zero-order chi connectivity index (χ0) is 16.3. The van der Waals surface area contributed by atoms with E-state index in [0.29, 0.717) is 12.2 Å². The number of hydrogen-bond donors (Lipinski definition) is 0. The second-order valence-corrected chi connectivity index (χ2v) is 5.82. The lowest BCUT2D eigenvalue weighted by atomic mass is 10.2. The van der Waals surface area contributed by atoms with Crippen molar-refractivity contribution in [2.24, 2.45) is 0 Å². The summed E-state index contributed by atoms with van der Waals surface area (Å²) < 4.78 is 9.95. The number of nitrogens with zero attached hydrogens (tertiary/aromatic N) is 3. The van der Waals surface area contributed by atoms with Gasteiger partial charge in [-0.1, -0.05) is 12.2 Å². The lowest BCUT2D eigenvalue weighted by Gasteiger charge is -2.28. The molecule has 0 fully saturated rings. The second kappa shape index (κ2) is 6.13.